The third-order valence-corrected chi connectivity index (χ3v) is 5.20. The third kappa shape index (κ3) is 4.33. The van der Waals surface area contributed by atoms with Crippen molar-refractivity contribution in [3.05, 3.63) is 53.6 Å². The van der Waals surface area contributed by atoms with Crippen molar-refractivity contribution in [1.82, 2.24) is 20.2 Å². The molecule has 0 unspecified atom stereocenters. The Bertz CT molecular complexity index is 971. The summed E-state index contributed by atoms with van der Waals surface area (Å²) in [4.78, 5) is 12.6. The van der Waals surface area contributed by atoms with Crippen LogP contribution < -0.4 is 10.1 Å². The molecule has 28 heavy (non-hydrogen) atoms. The van der Waals surface area contributed by atoms with Crippen LogP contribution in [0.1, 0.15) is 30.9 Å². The van der Waals surface area contributed by atoms with Gasteiger partial charge in [-0.15, -0.1) is 5.10 Å². The van der Waals surface area contributed by atoms with Crippen LogP contribution >= 0.6 is 11.8 Å². The number of nitrogens with one attached hydrogen (secondary N) is 1. The minimum atomic E-state index is -0.101. The fourth-order valence-electron chi connectivity index (χ4n) is 2.87. The molecule has 0 aliphatic rings. The summed E-state index contributed by atoms with van der Waals surface area (Å²) in [5, 5.41) is 15.4. The summed E-state index contributed by atoms with van der Waals surface area (Å²) in [6.07, 6.45) is 0. The first-order valence-electron chi connectivity index (χ1n) is 8.95. The average molecular weight is 398 g/mol. The van der Waals surface area contributed by atoms with Gasteiger partial charge in [0, 0.05) is 5.69 Å². The third-order valence-electron chi connectivity index (χ3n) is 4.28. The van der Waals surface area contributed by atoms with Crippen molar-refractivity contribution in [1.29, 1.82) is 0 Å². The Morgan fingerprint density at radius 3 is 2.75 bits per heavy atom. The van der Waals surface area contributed by atoms with Crippen molar-refractivity contribution in [3.63, 3.8) is 0 Å². The number of amides is 1. The van der Waals surface area contributed by atoms with Crippen LogP contribution in [0.4, 0.5) is 5.69 Å². The molecule has 0 atom stereocenters. The lowest BCUT2D eigenvalue weighted by Gasteiger charge is -2.16. The maximum Gasteiger partial charge on any atom is 0.234 e. The maximum atomic E-state index is 12.6. The Morgan fingerprint density at radius 1 is 1.21 bits per heavy atom. The minimum absolute atomic E-state index is 0.101. The second-order valence-corrected chi connectivity index (χ2v) is 7.52. The van der Waals surface area contributed by atoms with E-state index in [1.807, 2.05) is 49.4 Å². The molecule has 0 spiro atoms. The monoisotopic (exact) mass is 397 g/mol. The molecule has 0 bridgehead atoms. The molecule has 0 saturated heterocycles. The summed E-state index contributed by atoms with van der Waals surface area (Å²) in [6, 6.07) is 13.5. The van der Waals surface area contributed by atoms with Crippen LogP contribution in [0.2, 0.25) is 0 Å². The van der Waals surface area contributed by atoms with E-state index in [1.54, 1.807) is 11.8 Å². The minimum Gasteiger partial charge on any atom is -0.494 e. The smallest absolute Gasteiger partial charge is 0.234 e. The van der Waals surface area contributed by atoms with E-state index in [2.05, 4.69) is 34.7 Å². The van der Waals surface area contributed by atoms with Gasteiger partial charge in [0.05, 0.1) is 12.9 Å². The van der Waals surface area contributed by atoms with Crippen LogP contribution in [0.15, 0.2) is 47.6 Å². The fraction of sp³-hybridized carbons (Fsp3) is 0.300. The summed E-state index contributed by atoms with van der Waals surface area (Å²) in [7, 11) is 1.60. The normalized spacial score (nSPS) is 10.9. The number of nitrogens with zero attached hydrogens (tertiary/aromatic N) is 4. The van der Waals surface area contributed by atoms with Crippen LogP contribution in [0.3, 0.4) is 0 Å². The number of carbonyl (C=O) groups excluding carboxylic acids is 1. The van der Waals surface area contributed by atoms with Gasteiger partial charge in [-0.25, -0.2) is 0 Å². The van der Waals surface area contributed by atoms with Crippen molar-refractivity contribution in [2.24, 2.45) is 0 Å². The molecule has 2 aromatic carbocycles. The molecule has 1 amide bonds. The first kappa shape index (κ1) is 19.9. The molecule has 0 radical (unpaired) electrons. The number of carbonyl (C=O) groups is 1. The number of para-hydroxylation sites is 3. The van der Waals surface area contributed by atoms with Crippen molar-refractivity contribution >= 4 is 23.4 Å². The average Bonchev–Trinajstić information content (AvgIpc) is 3.16. The second kappa shape index (κ2) is 8.88. The van der Waals surface area contributed by atoms with Crippen LogP contribution in [0, 0.1) is 6.92 Å². The molecule has 0 aliphatic heterocycles. The molecule has 7 nitrogen and oxygen atoms in total. The first-order chi connectivity index (χ1) is 13.5. The van der Waals surface area contributed by atoms with E-state index in [0.29, 0.717) is 16.8 Å². The molecule has 1 heterocycles. The molecule has 1 aromatic heterocycles. The number of hydrogen-bond acceptors (Lipinski definition) is 6. The zero-order valence-corrected chi connectivity index (χ0v) is 17.2. The molecule has 3 rings (SSSR count). The van der Waals surface area contributed by atoms with Gasteiger partial charge in [0.2, 0.25) is 11.1 Å². The topological polar surface area (TPSA) is 81.9 Å². The van der Waals surface area contributed by atoms with E-state index in [1.165, 1.54) is 11.8 Å². The Labute approximate surface area is 168 Å². The number of aromatic nitrogens is 4. The van der Waals surface area contributed by atoms with Gasteiger partial charge in [0.25, 0.3) is 0 Å². The standard InChI is InChI=1S/C20H23N5O2S/c1-13(2)15-9-7-8-14(3)19(15)21-18(26)12-28-20-22-23-24-25(20)16-10-5-6-11-17(16)27-4/h5-11,13H,12H2,1-4H3,(H,21,26). The molecule has 0 aliphatic carbocycles. The van der Waals surface area contributed by atoms with Gasteiger partial charge >= 0.3 is 0 Å². The molecule has 8 heteroatoms. The highest BCUT2D eigenvalue weighted by molar-refractivity contribution is 7.99. The molecule has 146 valence electrons. The highest BCUT2D eigenvalue weighted by Gasteiger charge is 2.16. The Hall–Kier alpha value is -2.87. The quantitative estimate of drug-likeness (QED) is 0.610. The molecule has 0 fully saturated rings. The van der Waals surface area contributed by atoms with E-state index in [0.717, 1.165) is 22.5 Å². The highest BCUT2D eigenvalue weighted by atomic mass is 32.2. The Balaban J connectivity index is 1.73. The fourth-order valence-corrected chi connectivity index (χ4v) is 3.56. The van der Waals surface area contributed by atoms with Gasteiger partial charge in [0.15, 0.2) is 0 Å². The summed E-state index contributed by atoms with van der Waals surface area (Å²) < 4.78 is 6.95. The van der Waals surface area contributed by atoms with E-state index in [9.17, 15) is 4.79 Å². The predicted molar refractivity (Wildman–Crippen MR) is 110 cm³/mol. The van der Waals surface area contributed by atoms with Crippen LogP contribution in [-0.4, -0.2) is 39.0 Å². The van der Waals surface area contributed by atoms with Gasteiger partial charge in [0.1, 0.15) is 11.4 Å². The molecule has 1 N–H and O–H groups in total. The number of rotatable bonds is 7. The SMILES string of the molecule is COc1ccccc1-n1nnnc1SCC(=O)Nc1c(C)cccc1C(C)C. The van der Waals surface area contributed by atoms with Gasteiger partial charge in [-0.2, -0.15) is 4.68 Å². The van der Waals surface area contributed by atoms with Crippen molar-refractivity contribution in [2.75, 3.05) is 18.2 Å². The summed E-state index contributed by atoms with van der Waals surface area (Å²) in [6.45, 7) is 6.22. The number of benzene rings is 2. The first-order valence-corrected chi connectivity index (χ1v) is 9.93. The lowest BCUT2D eigenvalue weighted by molar-refractivity contribution is -0.113. The van der Waals surface area contributed by atoms with Gasteiger partial charge in [-0.05, 0) is 46.5 Å². The van der Waals surface area contributed by atoms with Gasteiger partial charge < -0.3 is 10.1 Å². The zero-order valence-electron chi connectivity index (χ0n) is 16.3. The number of tetrazole rings is 1. The summed E-state index contributed by atoms with van der Waals surface area (Å²) in [5.74, 6) is 1.07. The van der Waals surface area contributed by atoms with E-state index in [4.69, 9.17) is 4.74 Å². The van der Waals surface area contributed by atoms with Crippen molar-refractivity contribution < 1.29 is 9.53 Å². The zero-order chi connectivity index (χ0) is 20.1. The number of anilines is 1. The number of ether oxygens (including phenoxy) is 1. The molecule has 0 saturated carbocycles. The summed E-state index contributed by atoms with van der Waals surface area (Å²) >= 11 is 1.27. The van der Waals surface area contributed by atoms with Crippen molar-refractivity contribution in [3.8, 4) is 11.4 Å². The van der Waals surface area contributed by atoms with E-state index >= 15 is 0 Å². The van der Waals surface area contributed by atoms with Gasteiger partial charge in [-0.1, -0.05) is 55.9 Å². The Kier molecular flexibility index (Phi) is 6.30. The predicted octanol–water partition coefficient (Wildman–Crippen LogP) is 3.83. The largest absolute Gasteiger partial charge is 0.494 e. The lowest BCUT2D eigenvalue weighted by Crippen LogP contribution is -2.17. The number of methoxy groups -OCH3 is 1. The molecular formula is C20H23N5O2S. The molecular weight excluding hydrogens is 374 g/mol. The second-order valence-electron chi connectivity index (χ2n) is 6.58. The van der Waals surface area contributed by atoms with Crippen LogP contribution in [0.5, 0.6) is 5.75 Å². The Morgan fingerprint density at radius 2 is 2.00 bits per heavy atom. The number of thioether (sulfide) groups is 1. The van der Waals surface area contributed by atoms with E-state index < -0.39 is 0 Å². The maximum absolute atomic E-state index is 12.6. The highest BCUT2D eigenvalue weighted by Crippen LogP contribution is 2.28. The number of hydrogen-bond donors (Lipinski definition) is 1. The lowest BCUT2D eigenvalue weighted by atomic mass is 9.98. The molecule has 3 aromatic rings. The number of aryl methyl sites for hydroxylation is 1. The van der Waals surface area contributed by atoms with Gasteiger partial charge in [-0.3, -0.25) is 4.79 Å². The van der Waals surface area contributed by atoms with E-state index in [-0.39, 0.29) is 11.7 Å². The van der Waals surface area contributed by atoms with Crippen LogP contribution in [-0.2, 0) is 4.79 Å². The van der Waals surface area contributed by atoms with Crippen LogP contribution in [0.25, 0.3) is 5.69 Å². The van der Waals surface area contributed by atoms with Crippen molar-refractivity contribution in [2.45, 2.75) is 31.8 Å². The summed E-state index contributed by atoms with van der Waals surface area (Å²) in [5.41, 5.74) is 3.77.